The zero-order valence-corrected chi connectivity index (χ0v) is 10.1. The van der Waals surface area contributed by atoms with Gasteiger partial charge >= 0.3 is 0 Å². The molecule has 0 saturated carbocycles. The van der Waals surface area contributed by atoms with Gasteiger partial charge in [0.1, 0.15) is 5.75 Å². The first-order valence-corrected chi connectivity index (χ1v) is 5.75. The average Bonchev–Trinajstić information content (AvgIpc) is 2.35. The first-order chi connectivity index (χ1) is 7.71. The topological polar surface area (TPSA) is 55.5 Å². The van der Waals surface area contributed by atoms with Crippen molar-refractivity contribution in [2.24, 2.45) is 5.73 Å². The van der Waals surface area contributed by atoms with Gasteiger partial charge in [0.15, 0.2) is 0 Å². The molecule has 0 aliphatic carbocycles. The van der Waals surface area contributed by atoms with Crippen LogP contribution in [0.5, 0.6) is 5.75 Å². The van der Waals surface area contributed by atoms with Crippen molar-refractivity contribution in [3.63, 3.8) is 0 Å². The Balaban J connectivity index is 2.71. The van der Waals surface area contributed by atoms with Gasteiger partial charge in [0, 0.05) is 6.54 Å². The van der Waals surface area contributed by atoms with Crippen LogP contribution in [0.4, 0.5) is 0 Å². The van der Waals surface area contributed by atoms with Gasteiger partial charge in [0.25, 0.3) is 0 Å². The molecule has 3 heteroatoms. The van der Waals surface area contributed by atoms with Crippen molar-refractivity contribution < 1.29 is 9.84 Å². The third-order valence-corrected chi connectivity index (χ3v) is 2.81. The molecule has 1 rings (SSSR count). The lowest BCUT2D eigenvalue weighted by molar-refractivity contribution is 0.173. The Morgan fingerprint density at radius 1 is 1.38 bits per heavy atom. The summed E-state index contributed by atoms with van der Waals surface area (Å²) < 4.78 is 5.19. The molecule has 0 spiro atoms. The van der Waals surface area contributed by atoms with E-state index < -0.39 is 6.10 Å². The molecule has 3 N–H and O–H groups in total. The third kappa shape index (κ3) is 3.51. The Hall–Kier alpha value is -1.06. The monoisotopic (exact) mass is 223 g/mol. The summed E-state index contributed by atoms with van der Waals surface area (Å²) in [5.74, 6) is 0.889. The van der Waals surface area contributed by atoms with E-state index in [1.165, 1.54) is 11.1 Å². The van der Waals surface area contributed by atoms with E-state index in [0.717, 1.165) is 25.0 Å². The van der Waals surface area contributed by atoms with Gasteiger partial charge < -0.3 is 15.6 Å². The molecule has 1 unspecified atom stereocenters. The van der Waals surface area contributed by atoms with Crippen LogP contribution in [0.1, 0.15) is 24.5 Å². The van der Waals surface area contributed by atoms with Gasteiger partial charge in [-0.25, -0.2) is 0 Å². The van der Waals surface area contributed by atoms with E-state index in [1.807, 2.05) is 6.07 Å². The predicted molar refractivity (Wildman–Crippen MR) is 65.8 cm³/mol. The lowest BCUT2D eigenvalue weighted by Crippen LogP contribution is -2.20. The summed E-state index contributed by atoms with van der Waals surface area (Å²) in [5, 5.41) is 9.43. The Morgan fingerprint density at radius 3 is 2.69 bits per heavy atom. The second kappa shape index (κ2) is 6.51. The fourth-order valence-corrected chi connectivity index (χ4v) is 1.74. The van der Waals surface area contributed by atoms with Crippen LogP contribution in [0.2, 0.25) is 0 Å². The van der Waals surface area contributed by atoms with Crippen LogP contribution in [0.15, 0.2) is 18.2 Å². The highest BCUT2D eigenvalue weighted by Gasteiger charge is 2.06. The first-order valence-electron chi connectivity index (χ1n) is 5.75. The summed E-state index contributed by atoms with van der Waals surface area (Å²) in [4.78, 5) is 0. The van der Waals surface area contributed by atoms with Crippen LogP contribution in [0.3, 0.4) is 0 Å². The van der Waals surface area contributed by atoms with Gasteiger partial charge in [-0.3, -0.25) is 0 Å². The molecule has 0 aliphatic rings. The summed E-state index contributed by atoms with van der Waals surface area (Å²) in [6.07, 6.45) is 2.17. The molecule has 0 radical (unpaired) electrons. The smallest absolute Gasteiger partial charge is 0.119 e. The maximum atomic E-state index is 9.43. The van der Waals surface area contributed by atoms with Crippen molar-refractivity contribution in [1.82, 2.24) is 0 Å². The van der Waals surface area contributed by atoms with Crippen molar-refractivity contribution in [2.45, 2.75) is 32.3 Å². The first kappa shape index (κ1) is 13.0. The van der Waals surface area contributed by atoms with Gasteiger partial charge in [-0.1, -0.05) is 13.0 Å². The predicted octanol–water partition coefficient (Wildman–Crippen LogP) is 1.51. The molecule has 3 nitrogen and oxygen atoms in total. The number of methoxy groups -OCH3 is 1. The molecule has 0 heterocycles. The lowest BCUT2D eigenvalue weighted by Gasteiger charge is -2.12. The second-order valence-electron chi connectivity index (χ2n) is 3.92. The van der Waals surface area contributed by atoms with Crippen molar-refractivity contribution in [3.8, 4) is 5.75 Å². The fraction of sp³-hybridized carbons (Fsp3) is 0.538. The van der Waals surface area contributed by atoms with Crippen molar-refractivity contribution in [3.05, 3.63) is 29.3 Å². The molecule has 0 fully saturated rings. The second-order valence-corrected chi connectivity index (χ2v) is 3.92. The number of aliphatic hydroxyl groups is 1. The number of aryl methyl sites for hydroxylation is 2. The average molecular weight is 223 g/mol. The van der Waals surface area contributed by atoms with E-state index in [9.17, 15) is 5.11 Å². The van der Waals surface area contributed by atoms with Crippen LogP contribution >= 0.6 is 0 Å². The van der Waals surface area contributed by atoms with Crippen molar-refractivity contribution in [1.29, 1.82) is 0 Å². The van der Waals surface area contributed by atoms with E-state index in [4.69, 9.17) is 10.5 Å². The largest absolute Gasteiger partial charge is 0.497 e. The molecule has 0 saturated heterocycles. The molecule has 1 atom stereocenters. The standard InChI is InChI=1S/C13H21NO2/c1-3-10-8-13(16-2)7-5-11(10)4-6-12(15)9-14/h5,7-8,12,15H,3-4,6,9,14H2,1-2H3. The number of hydrogen-bond donors (Lipinski definition) is 2. The van der Waals surface area contributed by atoms with Gasteiger partial charge in [-0.2, -0.15) is 0 Å². The Kier molecular flexibility index (Phi) is 5.29. The van der Waals surface area contributed by atoms with Crippen LogP contribution in [0.25, 0.3) is 0 Å². The Morgan fingerprint density at radius 2 is 2.12 bits per heavy atom. The molecule has 1 aromatic carbocycles. The van der Waals surface area contributed by atoms with Gasteiger partial charge in [-0.05, 0) is 42.5 Å². The molecular weight excluding hydrogens is 202 g/mol. The molecule has 16 heavy (non-hydrogen) atoms. The van der Waals surface area contributed by atoms with Crippen LogP contribution in [-0.2, 0) is 12.8 Å². The Bertz CT molecular complexity index is 326. The van der Waals surface area contributed by atoms with E-state index in [0.29, 0.717) is 6.54 Å². The number of hydrogen-bond acceptors (Lipinski definition) is 3. The quantitative estimate of drug-likeness (QED) is 0.768. The highest BCUT2D eigenvalue weighted by Crippen LogP contribution is 2.19. The zero-order chi connectivity index (χ0) is 12.0. The highest BCUT2D eigenvalue weighted by molar-refractivity contribution is 5.35. The van der Waals surface area contributed by atoms with E-state index in [1.54, 1.807) is 7.11 Å². The van der Waals surface area contributed by atoms with E-state index in [-0.39, 0.29) is 0 Å². The van der Waals surface area contributed by atoms with Crippen LogP contribution in [0, 0.1) is 0 Å². The molecule has 0 aliphatic heterocycles. The SMILES string of the molecule is CCc1cc(OC)ccc1CCC(O)CN. The summed E-state index contributed by atoms with van der Waals surface area (Å²) in [7, 11) is 1.67. The number of ether oxygens (including phenoxy) is 1. The summed E-state index contributed by atoms with van der Waals surface area (Å²) in [6.45, 7) is 2.45. The van der Waals surface area contributed by atoms with Gasteiger partial charge in [0.05, 0.1) is 13.2 Å². The number of aliphatic hydroxyl groups excluding tert-OH is 1. The molecular formula is C13H21NO2. The summed E-state index contributed by atoms with van der Waals surface area (Å²) in [6, 6.07) is 6.09. The van der Waals surface area contributed by atoms with E-state index in [2.05, 4.69) is 19.1 Å². The fourth-order valence-electron chi connectivity index (χ4n) is 1.74. The summed E-state index contributed by atoms with van der Waals surface area (Å²) >= 11 is 0. The van der Waals surface area contributed by atoms with Crippen LogP contribution in [-0.4, -0.2) is 24.9 Å². The normalized spacial score (nSPS) is 12.5. The van der Waals surface area contributed by atoms with Crippen molar-refractivity contribution >= 4 is 0 Å². The Labute approximate surface area is 97.2 Å². The minimum Gasteiger partial charge on any atom is -0.497 e. The van der Waals surface area contributed by atoms with Crippen molar-refractivity contribution in [2.75, 3.05) is 13.7 Å². The third-order valence-electron chi connectivity index (χ3n) is 2.81. The summed E-state index contributed by atoms with van der Waals surface area (Å²) in [5.41, 5.74) is 7.94. The number of nitrogens with two attached hydrogens (primary N) is 1. The molecule has 90 valence electrons. The number of rotatable bonds is 6. The minimum atomic E-state index is -0.396. The lowest BCUT2D eigenvalue weighted by atomic mass is 9.99. The van der Waals surface area contributed by atoms with Gasteiger partial charge in [0.2, 0.25) is 0 Å². The zero-order valence-electron chi connectivity index (χ0n) is 10.1. The van der Waals surface area contributed by atoms with Gasteiger partial charge in [-0.15, -0.1) is 0 Å². The highest BCUT2D eigenvalue weighted by atomic mass is 16.5. The molecule has 0 amide bonds. The molecule has 0 aromatic heterocycles. The van der Waals surface area contributed by atoms with Crippen LogP contribution < -0.4 is 10.5 Å². The maximum Gasteiger partial charge on any atom is 0.119 e. The molecule has 0 bridgehead atoms. The van der Waals surface area contributed by atoms with E-state index >= 15 is 0 Å². The molecule has 1 aromatic rings. The maximum absolute atomic E-state index is 9.43. The number of benzene rings is 1. The minimum absolute atomic E-state index is 0.331.